The predicted octanol–water partition coefficient (Wildman–Crippen LogP) is 5.58. The molecule has 10 heteroatoms. The molecule has 0 bridgehead atoms. The topological polar surface area (TPSA) is 96.0 Å². The van der Waals surface area contributed by atoms with Crippen molar-refractivity contribution in [1.82, 2.24) is 10.2 Å². The summed E-state index contributed by atoms with van der Waals surface area (Å²) in [6.45, 7) is 5.87. The van der Waals surface area contributed by atoms with Crippen LogP contribution in [0, 0.1) is 6.92 Å². The molecule has 41 heavy (non-hydrogen) atoms. The summed E-state index contributed by atoms with van der Waals surface area (Å²) in [5.41, 5.74) is 2.05. The molecule has 0 aliphatic rings. The summed E-state index contributed by atoms with van der Waals surface area (Å²) in [5, 5.41) is 3.47. The molecule has 1 N–H and O–H groups in total. The number of sulfonamides is 1. The number of halogens is 1. The largest absolute Gasteiger partial charge is 0.497 e. The molecule has 3 rings (SSSR count). The van der Waals surface area contributed by atoms with Crippen molar-refractivity contribution in [1.29, 1.82) is 0 Å². The van der Waals surface area contributed by atoms with E-state index in [1.54, 1.807) is 60.7 Å². The number of methoxy groups -OCH3 is 1. The molecule has 0 spiro atoms. The molecule has 2 amide bonds. The van der Waals surface area contributed by atoms with Gasteiger partial charge in [0.1, 0.15) is 18.3 Å². The van der Waals surface area contributed by atoms with Crippen LogP contribution in [0.15, 0.2) is 77.7 Å². The van der Waals surface area contributed by atoms with Gasteiger partial charge in [-0.15, -0.1) is 0 Å². The van der Waals surface area contributed by atoms with Gasteiger partial charge in [-0.2, -0.15) is 0 Å². The first kappa shape index (κ1) is 32.0. The summed E-state index contributed by atoms with van der Waals surface area (Å²) in [4.78, 5) is 28.8. The lowest BCUT2D eigenvalue weighted by Gasteiger charge is -2.33. The Bertz CT molecular complexity index is 1400. The van der Waals surface area contributed by atoms with E-state index in [0.29, 0.717) is 29.4 Å². The lowest BCUT2D eigenvalue weighted by Crippen LogP contribution is -2.52. The molecule has 3 aromatic carbocycles. The molecule has 0 radical (unpaired) electrons. The Hall–Kier alpha value is -3.56. The van der Waals surface area contributed by atoms with Crippen LogP contribution in [0.4, 0.5) is 5.69 Å². The van der Waals surface area contributed by atoms with Gasteiger partial charge >= 0.3 is 0 Å². The van der Waals surface area contributed by atoms with Crippen molar-refractivity contribution in [2.24, 2.45) is 0 Å². The number of carbonyl (C=O) groups excluding carboxylic acids is 2. The van der Waals surface area contributed by atoms with Gasteiger partial charge in [0.15, 0.2) is 0 Å². The lowest BCUT2D eigenvalue weighted by atomic mass is 10.1. The molecule has 0 fully saturated rings. The fourth-order valence-corrected chi connectivity index (χ4v) is 5.87. The quantitative estimate of drug-likeness (QED) is 0.244. The Morgan fingerprint density at radius 1 is 0.951 bits per heavy atom. The maximum Gasteiger partial charge on any atom is 0.264 e. The second kappa shape index (κ2) is 14.9. The Labute approximate surface area is 248 Å². The molecule has 0 saturated carbocycles. The molecular weight excluding hydrogens is 562 g/mol. The van der Waals surface area contributed by atoms with Crippen LogP contribution >= 0.6 is 11.6 Å². The van der Waals surface area contributed by atoms with Gasteiger partial charge in [-0.3, -0.25) is 13.9 Å². The molecule has 220 valence electrons. The second-order valence-electron chi connectivity index (χ2n) is 9.74. The van der Waals surface area contributed by atoms with Crippen LogP contribution in [0.5, 0.6) is 5.75 Å². The molecule has 0 saturated heterocycles. The number of nitrogens with zero attached hydrogens (tertiary/aromatic N) is 2. The number of anilines is 1. The predicted molar refractivity (Wildman–Crippen MR) is 163 cm³/mol. The number of nitrogens with one attached hydrogen (secondary N) is 1. The van der Waals surface area contributed by atoms with Gasteiger partial charge in [0.05, 0.1) is 17.7 Å². The molecule has 0 aliphatic carbocycles. The summed E-state index contributed by atoms with van der Waals surface area (Å²) < 4.78 is 34.2. The number of amides is 2. The fourth-order valence-electron chi connectivity index (χ4n) is 4.33. The smallest absolute Gasteiger partial charge is 0.264 e. The average molecular weight is 600 g/mol. The number of rotatable bonds is 14. The first-order chi connectivity index (χ1) is 19.6. The zero-order chi connectivity index (χ0) is 30.0. The van der Waals surface area contributed by atoms with Crippen LogP contribution in [0.1, 0.15) is 44.2 Å². The van der Waals surface area contributed by atoms with Gasteiger partial charge in [-0.05, 0) is 73.9 Å². The van der Waals surface area contributed by atoms with Crippen LogP contribution in [0.2, 0.25) is 5.02 Å². The van der Waals surface area contributed by atoms with Crippen molar-refractivity contribution in [3.05, 3.63) is 88.9 Å². The Morgan fingerprint density at radius 3 is 2.15 bits per heavy atom. The highest BCUT2D eigenvalue weighted by Crippen LogP contribution is 2.26. The molecule has 1 unspecified atom stereocenters. The fraction of sp³-hybridized carbons (Fsp3) is 0.355. The van der Waals surface area contributed by atoms with Gasteiger partial charge in [0, 0.05) is 18.1 Å². The van der Waals surface area contributed by atoms with Crippen molar-refractivity contribution in [2.75, 3.05) is 24.5 Å². The molecule has 3 aromatic rings. The summed E-state index contributed by atoms with van der Waals surface area (Å²) in [6, 6.07) is 19.1. The molecule has 1 atom stereocenters. The van der Waals surface area contributed by atoms with Gasteiger partial charge in [0.25, 0.3) is 10.0 Å². The van der Waals surface area contributed by atoms with E-state index in [9.17, 15) is 18.0 Å². The van der Waals surface area contributed by atoms with E-state index >= 15 is 0 Å². The van der Waals surface area contributed by atoms with Crippen molar-refractivity contribution in [3.8, 4) is 5.75 Å². The Morgan fingerprint density at radius 2 is 1.59 bits per heavy atom. The standard InChI is InChI=1S/C31H38ClN3O5S/c1-5-7-20-33-31(37)29(6-2)34(21-24-10-12-25(32)13-11-24)30(36)22-35(26-14-8-23(3)9-15-26)41(38,39)28-18-16-27(40-4)17-19-28/h8-19,29H,5-7,20-22H2,1-4H3,(H,33,37). The van der Waals surface area contributed by atoms with Gasteiger partial charge in [-0.1, -0.05) is 61.7 Å². The van der Waals surface area contributed by atoms with Crippen molar-refractivity contribution >= 4 is 39.1 Å². The molecule has 8 nitrogen and oxygen atoms in total. The second-order valence-corrected chi connectivity index (χ2v) is 12.0. The minimum Gasteiger partial charge on any atom is -0.497 e. The van der Waals surface area contributed by atoms with Crippen LogP contribution in [0.25, 0.3) is 0 Å². The van der Waals surface area contributed by atoms with Crippen LogP contribution < -0.4 is 14.4 Å². The van der Waals surface area contributed by atoms with Crippen LogP contribution in [0.3, 0.4) is 0 Å². The number of benzene rings is 3. The average Bonchev–Trinajstić information content (AvgIpc) is 2.97. The minimum atomic E-state index is -4.16. The van der Waals surface area contributed by atoms with Crippen LogP contribution in [-0.4, -0.2) is 51.4 Å². The summed E-state index contributed by atoms with van der Waals surface area (Å²) in [6.07, 6.45) is 2.08. The van der Waals surface area contributed by atoms with Crippen LogP contribution in [-0.2, 0) is 26.2 Å². The van der Waals surface area contributed by atoms with Crippen molar-refractivity contribution in [2.45, 2.75) is 57.5 Å². The van der Waals surface area contributed by atoms with E-state index in [1.165, 1.54) is 24.1 Å². The number of hydrogen-bond acceptors (Lipinski definition) is 5. The third kappa shape index (κ3) is 8.47. The van der Waals surface area contributed by atoms with Gasteiger partial charge in [0.2, 0.25) is 11.8 Å². The maximum absolute atomic E-state index is 14.1. The monoisotopic (exact) mass is 599 g/mol. The molecule has 0 aliphatic heterocycles. The first-order valence-corrected chi connectivity index (χ1v) is 15.5. The summed E-state index contributed by atoms with van der Waals surface area (Å²) >= 11 is 6.07. The number of carbonyl (C=O) groups is 2. The molecular formula is C31H38ClN3O5S. The van der Waals surface area contributed by atoms with E-state index in [0.717, 1.165) is 28.3 Å². The normalized spacial score (nSPS) is 11.9. The zero-order valence-electron chi connectivity index (χ0n) is 24.0. The van der Waals surface area contributed by atoms with E-state index < -0.39 is 28.5 Å². The highest BCUT2D eigenvalue weighted by molar-refractivity contribution is 7.92. The lowest BCUT2D eigenvalue weighted by molar-refractivity contribution is -0.140. The number of aryl methyl sites for hydroxylation is 1. The third-order valence-electron chi connectivity index (χ3n) is 6.73. The van der Waals surface area contributed by atoms with E-state index in [4.69, 9.17) is 16.3 Å². The third-order valence-corrected chi connectivity index (χ3v) is 8.77. The van der Waals surface area contributed by atoms with E-state index in [1.807, 2.05) is 20.8 Å². The Balaban J connectivity index is 2.02. The van der Waals surface area contributed by atoms with Gasteiger partial charge < -0.3 is 15.0 Å². The van der Waals surface area contributed by atoms with Gasteiger partial charge in [-0.25, -0.2) is 8.42 Å². The molecule has 0 aromatic heterocycles. The zero-order valence-corrected chi connectivity index (χ0v) is 25.5. The number of unbranched alkanes of at least 4 members (excludes halogenated alkanes) is 1. The van der Waals surface area contributed by atoms with E-state index in [2.05, 4.69) is 5.32 Å². The van der Waals surface area contributed by atoms with Crippen molar-refractivity contribution in [3.63, 3.8) is 0 Å². The first-order valence-electron chi connectivity index (χ1n) is 13.7. The Kier molecular flexibility index (Phi) is 11.6. The summed E-state index contributed by atoms with van der Waals surface area (Å²) in [7, 11) is -2.66. The highest BCUT2D eigenvalue weighted by Gasteiger charge is 2.33. The van der Waals surface area contributed by atoms with Crippen molar-refractivity contribution < 1.29 is 22.7 Å². The highest BCUT2D eigenvalue weighted by atomic mass is 35.5. The van der Waals surface area contributed by atoms with E-state index in [-0.39, 0.29) is 17.3 Å². The minimum absolute atomic E-state index is 0.0141. The number of ether oxygens (including phenoxy) is 1. The number of hydrogen-bond donors (Lipinski definition) is 1. The SMILES string of the molecule is CCCCNC(=O)C(CC)N(Cc1ccc(Cl)cc1)C(=O)CN(c1ccc(C)cc1)S(=O)(=O)c1ccc(OC)cc1. The maximum atomic E-state index is 14.1. The summed E-state index contributed by atoms with van der Waals surface area (Å²) in [5.74, 6) is -0.269. The molecule has 0 heterocycles.